The van der Waals surface area contributed by atoms with Gasteiger partial charge in [0.15, 0.2) is 0 Å². The third kappa shape index (κ3) is 7.13. The van der Waals surface area contributed by atoms with Crippen LogP contribution in [0, 0.1) is 11.8 Å². The predicted octanol–water partition coefficient (Wildman–Crippen LogP) is -0.000200. The molecule has 128 valence electrons. The second kappa shape index (κ2) is 9.68. The van der Waals surface area contributed by atoms with E-state index in [0.717, 1.165) is 0 Å². The van der Waals surface area contributed by atoms with Crippen molar-refractivity contribution >= 4 is 30.4 Å². The highest BCUT2D eigenvalue weighted by Crippen LogP contribution is 2.06. The number of carboxylic acid groups (broad SMARTS) is 1. The maximum absolute atomic E-state index is 12.2. The average Bonchev–Trinajstić information content (AvgIpc) is 2.39. The summed E-state index contributed by atoms with van der Waals surface area (Å²) < 4.78 is 0. The lowest BCUT2D eigenvalue weighted by Gasteiger charge is -2.25. The Morgan fingerprint density at radius 3 is 2.00 bits per heavy atom. The Bertz CT molecular complexity index is 402. The van der Waals surface area contributed by atoms with Gasteiger partial charge in [-0.1, -0.05) is 27.7 Å². The van der Waals surface area contributed by atoms with E-state index in [9.17, 15) is 14.4 Å². The van der Waals surface area contributed by atoms with E-state index in [1.165, 1.54) is 0 Å². The van der Waals surface area contributed by atoms with Crippen molar-refractivity contribution in [1.82, 2.24) is 10.6 Å². The van der Waals surface area contributed by atoms with Crippen molar-refractivity contribution < 1.29 is 19.5 Å². The molecule has 0 spiro atoms. The van der Waals surface area contributed by atoms with Gasteiger partial charge in [-0.25, -0.2) is 4.79 Å². The number of hydrogen-bond acceptors (Lipinski definition) is 5. The third-order valence-corrected chi connectivity index (χ3v) is 3.47. The van der Waals surface area contributed by atoms with Crippen LogP contribution in [0.2, 0.25) is 0 Å². The Balaban J connectivity index is 4.82. The number of thiol groups is 1. The molecule has 0 saturated carbocycles. The van der Waals surface area contributed by atoms with E-state index in [1.54, 1.807) is 13.8 Å². The van der Waals surface area contributed by atoms with E-state index in [4.69, 9.17) is 10.8 Å². The fourth-order valence-corrected chi connectivity index (χ4v) is 2.10. The van der Waals surface area contributed by atoms with Crippen molar-refractivity contribution in [2.75, 3.05) is 5.75 Å². The van der Waals surface area contributed by atoms with Crippen molar-refractivity contribution in [3.05, 3.63) is 0 Å². The topological polar surface area (TPSA) is 122 Å². The van der Waals surface area contributed by atoms with Gasteiger partial charge < -0.3 is 21.5 Å². The minimum Gasteiger partial charge on any atom is -0.480 e. The second-order valence-corrected chi connectivity index (χ2v) is 6.41. The van der Waals surface area contributed by atoms with Gasteiger partial charge in [-0.05, 0) is 18.3 Å². The highest BCUT2D eigenvalue weighted by molar-refractivity contribution is 7.80. The maximum atomic E-state index is 12.2. The molecule has 0 saturated heterocycles. The molecular weight excluding hydrogens is 306 g/mol. The Morgan fingerprint density at radius 1 is 1.09 bits per heavy atom. The van der Waals surface area contributed by atoms with E-state index in [2.05, 4.69) is 23.3 Å². The minimum absolute atomic E-state index is 0.0350. The van der Waals surface area contributed by atoms with Crippen molar-refractivity contribution in [3.8, 4) is 0 Å². The van der Waals surface area contributed by atoms with Crippen LogP contribution >= 0.6 is 12.6 Å². The van der Waals surface area contributed by atoms with Crippen LogP contribution in [0.5, 0.6) is 0 Å². The lowest BCUT2D eigenvalue weighted by atomic mass is 10.0. The SMILES string of the molecule is CC(C)C[C@H](N)C(=O)N[C@H](C(=O)N[C@@H](CS)C(=O)O)C(C)C. The van der Waals surface area contributed by atoms with E-state index in [0.29, 0.717) is 6.42 Å². The molecule has 2 amide bonds. The lowest BCUT2D eigenvalue weighted by molar-refractivity contribution is -0.141. The summed E-state index contributed by atoms with van der Waals surface area (Å²) in [7, 11) is 0. The van der Waals surface area contributed by atoms with Gasteiger partial charge in [0.2, 0.25) is 11.8 Å². The molecule has 7 nitrogen and oxygen atoms in total. The fraction of sp³-hybridized carbons (Fsp3) is 0.786. The van der Waals surface area contributed by atoms with Crippen molar-refractivity contribution in [2.45, 2.75) is 52.2 Å². The normalized spacial score (nSPS) is 15.3. The molecule has 0 aromatic rings. The van der Waals surface area contributed by atoms with Crippen molar-refractivity contribution in [2.24, 2.45) is 17.6 Å². The standard InChI is InChI=1S/C14H27N3O4S/c1-7(2)5-9(15)12(18)17-11(8(3)4)13(19)16-10(6-22)14(20)21/h7-11,22H,5-6,15H2,1-4H3,(H,16,19)(H,17,18)(H,20,21)/t9-,10-,11-/m0/s1. The fourth-order valence-electron chi connectivity index (χ4n) is 1.86. The first-order valence-corrected chi connectivity index (χ1v) is 7.93. The molecule has 8 heteroatoms. The molecule has 0 aromatic carbocycles. The van der Waals surface area contributed by atoms with Gasteiger partial charge in [-0.3, -0.25) is 9.59 Å². The molecule has 22 heavy (non-hydrogen) atoms. The molecule has 0 fully saturated rings. The molecule has 0 heterocycles. The number of carbonyl (C=O) groups excluding carboxylic acids is 2. The van der Waals surface area contributed by atoms with E-state index in [-0.39, 0.29) is 17.6 Å². The summed E-state index contributed by atoms with van der Waals surface area (Å²) in [6.45, 7) is 7.41. The number of hydrogen-bond donors (Lipinski definition) is 5. The highest BCUT2D eigenvalue weighted by atomic mass is 32.1. The summed E-state index contributed by atoms with van der Waals surface area (Å²) in [5.41, 5.74) is 5.79. The van der Waals surface area contributed by atoms with Crippen LogP contribution < -0.4 is 16.4 Å². The Labute approximate surface area is 136 Å². The quantitative estimate of drug-likeness (QED) is 0.380. The van der Waals surface area contributed by atoms with Gasteiger partial charge in [0.1, 0.15) is 12.1 Å². The van der Waals surface area contributed by atoms with Gasteiger partial charge in [0, 0.05) is 5.75 Å². The number of carbonyl (C=O) groups is 3. The average molecular weight is 333 g/mol. The molecule has 5 N–H and O–H groups in total. The van der Waals surface area contributed by atoms with Gasteiger partial charge in [-0.2, -0.15) is 12.6 Å². The van der Waals surface area contributed by atoms with Crippen LogP contribution in [0.25, 0.3) is 0 Å². The monoisotopic (exact) mass is 333 g/mol. The van der Waals surface area contributed by atoms with Gasteiger partial charge >= 0.3 is 5.97 Å². The zero-order valence-electron chi connectivity index (χ0n) is 13.5. The summed E-state index contributed by atoms with van der Waals surface area (Å²) in [5, 5.41) is 13.9. The first-order chi connectivity index (χ1) is 10.1. The summed E-state index contributed by atoms with van der Waals surface area (Å²) in [6, 6.07) is -2.64. The van der Waals surface area contributed by atoms with Crippen LogP contribution in [0.3, 0.4) is 0 Å². The molecule has 0 aliphatic heterocycles. The number of nitrogens with one attached hydrogen (secondary N) is 2. The zero-order valence-corrected chi connectivity index (χ0v) is 14.4. The van der Waals surface area contributed by atoms with Gasteiger partial charge in [-0.15, -0.1) is 0 Å². The minimum atomic E-state index is -1.17. The van der Waals surface area contributed by atoms with Crippen molar-refractivity contribution in [3.63, 3.8) is 0 Å². The summed E-state index contributed by atoms with van der Waals surface area (Å²) in [6.07, 6.45) is 0.507. The Morgan fingerprint density at radius 2 is 1.64 bits per heavy atom. The van der Waals surface area contributed by atoms with Crippen LogP contribution in [0.1, 0.15) is 34.1 Å². The number of carboxylic acids is 1. The molecule has 0 rings (SSSR count). The van der Waals surface area contributed by atoms with Crippen LogP contribution in [-0.2, 0) is 14.4 Å². The molecule has 0 aromatic heterocycles. The zero-order chi connectivity index (χ0) is 17.4. The lowest BCUT2D eigenvalue weighted by Crippen LogP contribution is -2.56. The largest absolute Gasteiger partial charge is 0.480 e. The first-order valence-electron chi connectivity index (χ1n) is 7.30. The molecule has 3 atom stereocenters. The maximum Gasteiger partial charge on any atom is 0.327 e. The second-order valence-electron chi connectivity index (χ2n) is 6.05. The number of aliphatic carboxylic acids is 1. The summed E-state index contributed by atoms with van der Waals surface area (Å²) in [4.78, 5) is 35.2. The highest BCUT2D eigenvalue weighted by Gasteiger charge is 2.29. The van der Waals surface area contributed by atoms with E-state index in [1.807, 2.05) is 13.8 Å². The number of amides is 2. The Hall–Kier alpha value is -1.28. The molecular formula is C14H27N3O4S. The van der Waals surface area contributed by atoms with E-state index < -0.39 is 35.9 Å². The predicted molar refractivity (Wildman–Crippen MR) is 87.6 cm³/mol. The van der Waals surface area contributed by atoms with Crippen LogP contribution in [0.15, 0.2) is 0 Å². The summed E-state index contributed by atoms with van der Waals surface area (Å²) in [5.74, 6) is -2.13. The van der Waals surface area contributed by atoms with Crippen molar-refractivity contribution in [1.29, 1.82) is 0 Å². The number of nitrogens with two attached hydrogens (primary N) is 1. The Kier molecular flexibility index (Phi) is 9.12. The van der Waals surface area contributed by atoms with Gasteiger partial charge in [0.05, 0.1) is 6.04 Å². The first kappa shape index (κ1) is 20.7. The van der Waals surface area contributed by atoms with Crippen LogP contribution in [0.4, 0.5) is 0 Å². The van der Waals surface area contributed by atoms with Gasteiger partial charge in [0.25, 0.3) is 0 Å². The van der Waals surface area contributed by atoms with E-state index >= 15 is 0 Å². The third-order valence-electron chi connectivity index (χ3n) is 3.11. The van der Waals surface area contributed by atoms with Crippen LogP contribution in [-0.4, -0.2) is 46.8 Å². The number of rotatable bonds is 9. The molecule has 0 unspecified atom stereocenters. The molecule has 0 aliphatic carbocycles. The molecule has 0 radical (unpaired) electrons. The smallest absolute Gasteiger partial charge is 0.327 e. The molecule has 0 aliphatic rings. The molecule has 0 bridgehead atoms. The summed E-state index contributed by atoms with van der Waals surface area (Å²) >= 11 is 3.89.